The average Bonchev–Trinajstić information content (AvgIpc) is 3.37. The van der Waals surface area contributed by atoms with E-state index in [2.05, 4.69) is 15.5 Å². The molecular weight excluding hydrogens is 414 g/mol. The number of methoxy groups -OCH3 is 1. The number of thioether (sulfide) groups is 1. The van der Waals surface area contributed by atoms with Gasteiger partial charge >= 0.3 is 0 Å². The molecule has 0 bridgehead atoms. The van der Waals surface area contributed by atoms with E-state index in [9.17, 15) is 4.79 Å². The third-order valence-electron chi connectivity index (χ3n) is 4.69. The Hall–Kier alpha value is -3.72. The molecule has 2 heterocycles. The number of hydrogen-bond donors (Lipinski definition) is 2. The van der Waals surface area contributed by atoms with Crippen molar-refractivity contribution in [1.29, 1.82) is 0 Å². The summed E-state index contributed by atoms with van der Waals surface area (Å²) in [5, 5.41) is 11.2. The highest BCUT2D eigenvalue weighted by Crippen LogP contribution is 2.36. The first-order valence-electron chi connectivity index (χ1n) is 9.48. The lowest BCUT2D eigenvalue weighted by Crippen LogP contribution is -2.20. The largest absolute Gasteiger partial charge is 0.497 e. The van der Waals surface area contributed by atoms with E-state index in [1.807, 2.05) is 37.3 Å². The van der Waals surface area contributed by atoms with Gasteiger partial charge in [-0.05, 0) is 42.8 Å². The molecule has 0 aliphatic rings. The Balaban J connectivity index is 1.61. The number of nitrogen functional groups attached to an aromatic ring is 1. The van der Waals surface area contributed by atoms with Gasteiger partial charge in [-0.2, -0.15) is 0 Å². The molecule has 0 radical (unpaired) electrons. The Labute approximate surface area is 183 Å². The summed E-state index contributed by atoms with van der Waals surface area (Å²) >= 11 is 1.22. The Morgan fingerprint density at radius 3 is 2.52 bits per heavy atom. The first-order valence-corrected chi connectivity index (χ1v) is 10.4. The lowest BCUT2D eigenvalue weighted by atomic mass is 10.1. The van der Waals surface area contributed by atoms with Gasteiger partial charge in [-0.1, -0.05) is 42.1 Å². The van der Waals surface area contributed by atoms with Crippen LogP contribution in [0.5, 0.6) is 5.75 Å². The lowest BCUT2D eigenvalue weighted by Gasteiger charge is -2.16. The van der Waals surface area contributed by atoms with Gasteiger partial charge in [0.05, 0.1) is 18.9 Å². The Morgan fingerprint density at radius 1 is 1.13 bits per heavy atom. The molecule has 1 atom stereocenters. The summed E-state index contributed by atoms with van der Waals surface area (Å²) in [6.45, 7) is 1.83. The van der Waals surface area contributed by atoms with E-state index in [1.165, 1.54) is 16.4 Å². The molecule has 4 aromatic rings. The maximum atomic E-state index is 13.2. The van der Waals surface area contributed by atoms with Gasteiger partial charge in [-0.3, -0.25) is 4.79 Å². The molecule has 2 aromatic heterocycles. The minimum absolute atomic E-state index is 0.203. The SMILES string of the molecule is COc1ccc(NC(=O)C(Sc2nnc(-c3ccoc3C)n2N)c2ccccc2)cc1. The summed E-state index contributed by atoms with van der Waals surface area (Å²) in [5.41, 5.74) is 2.24. The predicted octanol–water partition coefficient (Wildman–Crippen LogP) is 4.04. The molecular formula is C22H21N5O3S. The van der Waals surface area contributed by atoms with Crippen LogP contribution < -0.4 is 15.9 Å². The molecule has 0 saturated heterocycles. The van der Waals surface area contributed by atoms with E-state index < -0.39 is 5.25 Å². The second kappa shape index (κ2) is 8.97. The number of benzene rings is 2. The number of aryl methyl sites for hydroxylation is 1. The molecule has 9 heteroatoms. The molecule has 0 aliphatic heterocycles. The summed E-state index contributed by atoms with van der Waals surface area (Å²) in [6, 6.07) is 18.4. The molecule has 0 spiro atoms. The highest BCUT2D eigenvalue weighted by atomic mass is 32.2. The van der Waals surface area contributed by atoms with Crippen molar-refractivity contribution in [3.8, 4) is 17.1 Å². The van der Waals surface area contributed by atoms with E-state index in [0.29, 0.717) is 28.2 Å². The Bertz CT molecular complexity index is 1170. The fraction of sp³-hybridized carbons (Fsp3) is 0.136. The van der Waals surface area contributed by atoms with Crippen molar-refractivity contribution < 1.29 is 13.9 Å². The van der Waals surface area contributed by atoms with E-state index in [1.54, 1.807) is 43.7 Å². The molecule has 2 aromatic carbocycles. The maximum absolute atomic E-state index is 13.2. The number of anilines is 1. The number of hydrogen-bond acceptors (Lipinski definition) is 7. The van der Waals surface area contributed by atoms with Crippen LogP contribution in [-0.4, -0.2) is 27.9 Å². The van der Waals surface area contributed by atoms with Crippen LogP contribution in [0.2, 0.25) is 0 Å². The van der Waals surface area contributed by atoms with Crippen molar-refractivity contribution in [2.75, 3.05) is 18.3 Å². The topological polar surface area (TPSA) is 108 Å². The van der Waals surface area contributed by atoms with Gasteiger partial charge in [0, 0.05) is 5.69 Å². The highest BCUT2D eigenvalue weighted by Gasteiger charge is 2.26. The van der Waals surface area contributed by atoms with Crippen LogP contribution in [0.15, 0.2) is 76.5 Å². The fourth-order valence-corrected chi connectivity index (χ4v) is 4.00. The summed E-state index contributed by atoms with van der Waals surface area (Å²) in [6.07, 6.45) is 1.57. The zero-order valence-corrected chi connectivity index (χ0v) is 17.8. The van der Waals surface area contributed by atoms with Gasteiger partial charge in [0.2, 0.25) is 11.1 Å². The van der Waals surface area contributed by atoms with Gasteiger partial charge in [-0.15, -0.1) is 10.2 Å². The zero-order chi connectivity index (χ0) is 21.8. The van der Waals surface area contributed by atoms with Crippen molar-refractivity contribution >= 4 is 23.4 Å². The molecule has 0 saturated carbocycles. The van der Waals surface area contributed by atoms with E-state index in [0.717, 1.165) is 11.1 Å². The molecule has 8 nitrogen and oxygen atoms in total. The molecule has 31 heavy (non-hydrogen) atoms. The first-order chi connectivity index (χ1) is 15.1. The van der Waals surface area contributed by atoms with Crippen LogP contribution in [0.25, 0.3) is 11.4 Å². The fourth-order valence-electron chi connectivity index (χ4n) is 3.05. The Kier molecular flexibility index (Phi) is 5.94. The van der Waals surface area contributed by atoms with Crippen LogP contribution in [0.1, 0.15) is 16.6 Å². The van der Waals surface area contributed by atoms with Crippen molar-refractivity contribution in [2.24, 2.45) is 0 Å². The van der Waals surface area contributed by atoms with Crippen LogP contribution >= 0.6 is 11.8 Å². The molecule has 0 fully saturated rings. The maximum Gasteiger partial charge on any atom is 0.242 e. The minimum Gasteiger partial charge on any atom is -0.497 e. The van der Waals surface area contributed by atoms with Crippen LogP contribution in [0.3, 0.4) is 0 Å². The smallest absolute Gasteiger partial charge is 0.242 e. The molecule has 158 valence electrons. The second-order valence-electron chi connectivity index (χ2n) is 6.69. The average molecular weight is 436 g/mol. The minimum atomic E-state index is -0.590. The summed E-state index contributed by atoms with van der Waals surface area (Å²) in [7, 11) is 1.60. The molecule has 1 amide bonds. The molecule has 1 unspecified atom stereocenters. The third kappa shape index (κ3) is 4.41. The number of carbonyl (C=O) groups is 1. The van der Waals surface area contributed by atoms with Crippen molar-refractivity contribution in [1.82, 2.24) is 14.9 Å². The Morgan fingerprint density at radius 2 is 1.87 bits per heavy atom. The third-order valence-corrected chi connectivity index (χ3v) is 5.90. The predicted molar refractivity (Wildman–Crippen MR) is 119 cm³/mol. The number of furan rings is 1. The summed E-state index contributed by atoms with van der Waals surface area (Å²) < 4.78 is 11.9. The number of nitrogens with zero attached hydrogens (tertiary/aromatic N) is 3. The van der Waals surface area contributed by atoms with E-state index in [4.69, 9.17) is 15.0 Å². The van der Waals surface area contributed by atoms with Crippen LogP contribution in [0, 0.1) is 6.92 Å². The van der Waals surface area contributed by atoms with E-state index >= 15 is 0 Å². The standard InChI is InChI=1S/C22H21N5O3S/c1-14-18(12-13-30-14)20-25-26-22(27(20)23)31-19(15-6-4-3-5-7-15)21(28)24-16-8-10-17(29-2)11-9-16/h3-13,19H,23H2,1-2H3,(H,24,28). The highest BCUT2D eigenvalue weighted by molar-refractivity contribution is 8.00. The van der Waals surface area contributed by atoms with Crippen LogP contribution in [0.4, 0.5) is 5.69 Å². The number of ether oxygens (including phenoxy) is 1. The normalized spacial score (nSPS) is 11.8. The number of nitrogens with two attached hydrogens (primary N) is 1. The van der Waals surface area contributed by atoms with Crippen molar-refractivity contribution in [3.05, 3.63) is 78.3 Å². The first kappa shape index (κ1) is 20.5. The number of aromatic nitrogens is 3. The number of carbonyl (C=O) groups excluding carboxylic acids is 1. The number of rotatable bonds is 7. The molecule has 0 aliphatic carbocycles. The monoisotopic (exact) mass is 435 g/mol. The van der Waals surface area contributed by atoms with Gasteiger partial charge in [-0.25, -0.2) is 4.68 Å². The van der Waals surface area contributed by atoms with Crippen molar-refractivity contribution in [3.63, 3.8) is 0 Å². The van der Waals surface area contributed by atoms with Crippen molar-refractivity contribution in [2.45, 2.75) is 17.3 Å². The number of nitrogens with one attached hydrogen (secondary N) is 1. The molecule has 4 rings (SSSR count). The van der Waals surface area contributed by atoms with Gasteiger partial charge in [0.15, 0.2) is 5.82 Å². The van der Waals surface area contributed by atoms with E-state index in [-0.39, 0.29) is 5.91 Å². The quantitative estimate of drug-likeness (QED) is 0.333. The molecule has 3 N–H and O–H groups in total. The zero-order valence-electron chi connectivity index (χ0n) is 17.0. The summed E-state index contributed by atoms with van der Waals surface area (Å²) in [4.78, 5) is 13.2. The van der Waals surface area contributed by atoms with Gasteiger partial charge < -0.3 is 20.3 Å². The second-order valence-corrected chi connectivity index (χ2v) is 7.77. The van der Waals surface area contributed by atoms with Crippen LogP contribution in [-0.2, 0) is 4.79 Å². The lowest BCUT2D eigenvalue weighted by molar-refractivity contribution is -0.115. The van der Waals surface area contributed by atoms with Gasteiger partial charge in [0.1, 0.15) is 16.8 Å². The van der Waals surface area contributed by atoms with Gasteiger partial charge in [0.25, 0.3) is 0 Å². The number of amides is 1. The summed E-state index contributed by atoms with van der Waals surface area (Å²) in [5.74, 6) is 7.92.